The molecule has 3 aromatic rings. The lowest BCUT2D eigenvalue weighted by Crippen LogP contribution is -2.34. The van der Waals surface area contributed by atoms with E-state index in [0.29, 0.717) is 29.5 Å². The van der Waals surface area contributed by atoms with Gasteiger partial charge in [0.15, 0.2) is 5.65 Å². The van der Waals surface area contributed by atoms with Gasteiger partial charge >= 0.3 is 0 Å². The molecule has 8 nitrogen and oxygen atoms in total. The molecule has 0 radical (unpaired) electrons. The largest absolute Gasteiger partial charge is 0.354 e. The van der Waals surface area contributed by atoms with E-state index in [2.05, 4.69) is 20.5 Å². The number of aromatic nitrogens is 5. The Morgan fingerprint density at radius 2 is 2.17 bits per heavy atom. The Kier molecular flexibility index (Phi) is 3.10. The van der Waals surface area contributed by atoms with Crippen LogP contribution >= 0.6 is 0 Å². The number of nitrogens with zero attached hydrogens (tertiary/aromatic N) is 5. The molecule has 1 aliphatic rings. The summed E-state index contributed by atoms with van der Waals surface area (Å²) >= 11 is 0. The van der Waals surface area contributed by atoms with Gasteiger partial charge in [0.2, 0.25) is 11.6 Å². The van der Waals surface area contributed by atoms with Crippen LogP contribution in [0.2, 0.25) is 0 Å². The SMILES string of the molecule is Cc1nnc2c(=O)n(CC(=O)NCC3CC3)c3cccnc3n12. The van der Waals surface area contributed by atoms with Crippen LogP contribution in [0, 0.1) is 12.8 Å². The number of rotatable bonds is 4. The third-order valence-electron chi connectivity index (χ3n) is 4.12. The minimum atomic E-state index is -0.340. The molecule has 0 aromatic carbocycles. The molecule has 118 valence electrons. The monoisotopic (exact) mass is 312 g/mol. The Morgan fingerprint density at radius 3 is 2.96 bits per heavy atom. The molecule has 3 heterocycles. The first-order valence-electron chi connectivity index (χ1n) is 7.61. The van der Waals surface area contributed by atoms with Gasteiger partial charge in [-0.15, -0.1) is 10.2 Å². The summed E-state index contributed by atoms with van der Waals surface area (Å²) in [6, 6.07) is 3.52. The van der Waals surface area contributed by atoms with Gasteiger partial charge in [-0.1, -0.05) is 0 Å². The van der Waals surface area contributed by atoms with Crippen molar-refractivity contribution in [2.45, 2.75) is 26.3 Å². The summed E-state index contributed by atoms with van der Waals surface area (Å²) in [5, 5.41) is 10.8. The minimum absolute atomic E-state index is 0.0455. The number of fused-ring (bicyclic) bond motifs is 3. The van der Waals surface area contributed by atoms with Crippen LogP contribution in [-0.4, -0.2) is 36.6 Å². The topological polar surface area (TPSA) is 94.2 Å². The minimum Gasteiger partial charge on any atom is -0.354 e. The van der Waals surface area contributed by atoms with Crippen LogP contribution in [0.25, 0.3) is 16.8 Å². The number of nitrogens with one attached hydrogen (secondary N) is 1. The zero-order chi connectivity index (χ0) is 16.0. The zero-order valence-corrected chi connectivity index (χ0v) is 12.7. The molecule has 23 heavy (non-hydrogen) atoms. The maximum atomic E-state index is 12.7. The van der Waals surface area contributed by atoms with Crippen molar-refractivity contribution in [3.05, 3.63) is 34.5 Å². The molecule has 1 fully saturated rings. The third-order valence-corrected chi connectivity index (χ3v) is 4.12. The van der Waals surface area contributed by atoms with E-state index in [1.165, 1.54) is 4.57 Å². The van der Waals surface area contributed by atoms with E-state index in [1.807, 2.05) is 0 Å². The van der Waals surface area contributed by atoms with E-state index in [0.717, 1.165) is 12.8 Å². The van der Waals surface area contributed by atoms with Gasteiger partial charge in [0.05, 0.1) is 5.52 Å². The van der Waals surface area contributed by atoms with E-state index in [4.69, 9.17) is 0 Å². The highest BCUT2D eigenvalue weighted by Crippen LogP contribution is 2.27. The highest BCUT2D eigenvalue weighted by atomic mass is 16.2. The molecular weight excluding hydrogens is 296 g/mol. The summed E-state index contributed by atoms with van der Waals surface area (Å²) in [6.45, 7) is 2.40. The number of hydrogen-bond acceptors (Lipinski definition) is 5. The van der Waals surface area contributed by atoms with Gasteiger partial charge in [0.25, 0.3) is 5.56 Å². The van der Waals surface area contributed by atoms with E-state index in [-0.39, 0.29) is 23.7 Å². The lowest BCUT2D eigenvalue weighted by molar-refractivity contribution is -0.121. The number of aryl methyl sites for hydroxylation is 1. The maximum Gasteiger partial charge on any atom is 0.297 e. The number of carbonyl (C=O) groups is 1. The molecule has 3 aromatic heterocycles. The summed E-state index contributed by atoms with van der Waals surface area (Å²) in [5.74, 6) is 1.01. The molecule has 0 aliphatic heterocycles. The van der Waals surface area contributed by atoms with Crippen LogP contribution in [0.3, 0.4) is 0 Å². The van der Waals surface area contributed by atoms with Crippen LogP contribution in [0.1, 0.15) is 18.7 Å². The fourth-order valence-electron chi connectivity index (χ4n) is 2.69. The Hall–Kier alpha value is -2.77. The number of pyridine rings is 1. The zero-order valence-electron chi connectivity index (χ0n) is 12.7. The second kappa shape index (κ2) is 5.15. The van der Waals surface area contributed by atoms with Crippen molar-refractivity contribution >= 4 is 22.7 Å². The molecule has 0 saturated heterocycles. The maximum absolute atomic E-state index is 12.7. The molecular formula is C15H16N6O2. The summed E-state index contributed by atoms with van der Waals surface area (Å²) in [5.41, 5.74) is 1.01. The molecule has 1 aliphatic carbocycles. The molecule has 8 heteroatoms. The fraction of sp³-hybridized carbons (Fsp3) is 0.400. The standard InChI is InChI=1S/C15H16N6O2/c1-9-18-19-14-15(23)20(8-12(22)17-7-10-4-5-10)11-3-2-6-16-13(11)21(9)14/h2-3,6,10H,4-5,7-8H2,1H3,(H,17,22). The predicted molar refractivity (Wildman–Crippen MR) is 83.0 cm³/mol. The fourth-order valence-corrected chi connectivity index (χ4v) is 2.69. The molecule has 0 bridgehead atoms. The Balaban J connectivity index is 1.82. The van der Waals surface area contributed by atoms with E-state index in [9.17, 15) is 9.59 Å². The van der Waals surface area contributed by atoms with Crippen LogP contribution in [0.4, 0.5) is 0 Å². The molecule has 1 N–H and O–H groups in total. The Labute approximate surface area is 131 Å². The summed E-state index contributed by atoms with van der Waals surface area (Å²) < 4.78 is 3.03. The van der Waals surface area contributed by atoms with Crippen LogP contribution < -0.4 is 10.9 Å². The van der Waals surface area contributed by atoms with Gasteiger partial charge in [0.1, 0.15) is 12.4 Å². The number of hydrogen-bond donors (Lipinski definition) is 1. The Morgan fingerprint density at radius 1 is 1.35 bits per heavy atom. The highest BCUT2D eigenvalue weighted by Gasteiger charge is 2.22. The molecule has 4 rings (SSSR count). The quantitative estimate of drug-likeness (QED) is 0.746. The average Bonchev–Trinajstić information content (AvgIpc) is 3.30. The van der Waals surface area contributed by atoms with Gasteiger partial charge in [-0.05, 0) is 37.8 Å². The second-order valence-corrected chi connectivity index (χ2v) is 5.89. The van der Waals surface area contributed by atoms with Crippen molar-refractivity contribution in [3.63, 3.8) is 0 Å². The van der Waals surface area contributed by atoms with Crippen LogP contribution in [0.5, 0.6) is 0 Å². The van der Waals surface area contributed by atoms with Crippen molar-refractivity contribution in [2.75, 3.05) is 6.54 Å². The first-order chi connectivity index (χ1) is 11.1. The average molecular weight is 312 g/mol. The molecule has 0 atom stereocenters. The highest BCUT2D eigenvalue weighted by molar-refractivity contribution is 5.80. The summed E-state index contributed by atoms with van der Waals surface area (Å²) in [4.78, 5) is 29.1. The van der Waals surface area contributed by atoms with Crippen molar-refractivity contribution in [1.29, 1.82) is 0 Å². The molecule has 0 unspecified atom stereocenters. The van der Waals surface area contributed by atoms with Gasteiger partial charge in [0, 0.05) is 12.7 Å². The van der Waals surface area contributed by atoms with Gasteiger partial charge in [-0.2, -0.15) is 0 Å². The van der Waals surface area contributed by atoms with Crippen LogP contribution in [-0.2, 0) is 11.3 Å². The molecule has 1 saturated carbocycles. The van der Waals surface area contributed by atoms with E-state index in [1.54, 1.807) is 29.7 Å². The van der Waals surface area contributed by atoms with Gasteiger partial charge < -0.3 is 5.32 Å². The van der Waals surface area contributed by atoms with Gasteiger partial charge in [-0.25, -0.2) is 4.98 Å². The number of carbonyl (C=O) groups excluding carboxylic acids is 1. The lowest BCUT2D eigenvalue weighted by atomic mass is 10.3. The van der Waals surface area contributed by atoms with Gasteiger partial charge in [-0.3, -0.25) is 18.6 Å². The van der Waals surface area contributed by atoms with Crippen molar-refractivity contribution in [2.24, 2.45) is 5.92 Å². The first-order valence-corrected chi connectivity index (χ1v) is 7.61. The van der Waals surface area contributed by atoms with E-state index >= 15 is 0 Å². The van der Waals surface area contributed by atoms with Crippen molar-refractivity contribution in [3.8, 4) is 0 Å². The predicted octanol–water partition coefficient (Wildman–Crippen LogP) is 0.274. The first kappa shape index (κ1) is 13.9. The normalized spacial score (nSPS) is 14.5. The smallest absolute Gasteiger partial charge is 0.297 e. The van der Waals surface area contributed by atoms with Crippen molar-refractivity contribution in [1.82, 2.24) is 29.5 Å². The molecule has 1 amide bonds. The van der Waals surface area contributed by atoms with E-state index < -0.39 is 0 Å². The second-order valence-electron chi connectivity index (χ2n) is 5.89. The Bertz CT molecular complexity index is 969. The lowest BCUT2D eigenvalue weighted by Gasteiger charge is -2.11. The number of amides is 1. The summed E-state index contributed by atoms with van der Waals surface area (Å²) in [7, 11) is 0. The molecule has 0 spiro atoms. The van der Waals surface area contributed by atoms with Crippen LogP contribution in [0.15, 0.2) is 23.1 Å². The third kappa shape index (κ3) is 2.36. The van der Waals surface area contributed by atoms with Crippen molar-refractivity contribution < 1.29 is 4.79 Å². The summed E-state index contributed by atoms with van der Waals surface area (Å²) in [6.07, 6.45) is 3.97.